The standard InChI is InChI=1S/C15H18N2O/c1-3-18-15-10-17-14(8-13(15)9-16)12-6-4-5-11(2)7-12/h4-8,10H,3,9,16H2,1-2H3. The maximum Gasteiger partial charge on any atom is 0.142 e. The fourth-order valence-corrected chi connectivity index (χ4v) is 1.89. The maximum atomic E-state index is 5.75. The quantitative estimate of drug-likeness (QED) is 0.896. The minimum Gasteiger partial charge on any atom is -0.492 e. The lowest BCUT2D eigenvalue weighted by atomic mass is 10.1. The Bertz CT molecular complexity index is 538. The van der Waals surface area contributed by atoms with Gasteiger partial charge in [0, 0.05) is 17.7 Å². The van der Waals surface area contributed by atoms with Crippen LogP contribution in [-0.2, 0) is 6.54 Å². The van der Waals surface area contributed by atoms with E-state index in [0.29, 0.717) is 13.2 Å². The van der Waals surface area contributed by atoms with Crippen molar-refractivity contribution >= 4 is 0 Å². The number of hydrogen-bond acceptors (Lipinski definition) is 3. The Labute approximate surface area is 108 Å². The molecule has 0 saturated carbocycles. The topological polar surface area (TPSA) is 48.1 Å². The number of rotatable bonds is 4. The molecule has 2 rings (SSSR count). The Morgan fingerprint density at radius 3 is 2.78 bits per heavy atom. The fraction of sp³-hybridized carbons (Fsp3) is 0.267. The zero-order chi connectivity index (χ0) is 13.0. The summed E-state index contributed by atoms with van der Waals surface area (Å²) in [5.41, 5.74) is 10.00. The number of nitrogens with zero attached hydrogens (tertiary/aromatic N) is 1. The molecule has 0 unspecified atom stereocenters. The molecule has 3 heteroatoms. The molecule has 0 aliphatic rings. The van der Waals surface area contributed by atoms with Crippen LogP contribution in [0.5, 0.6) is 5.75 Å². The zero-order valence-corrected chi connectivity index (χ0v) is 10.8. The summed E-state index contributed by atoms with van der Waals surface area (Å²) in [5.74, 6) is 0.774. The van der Waals surface area contributed by atoms with Crippen LogP contribution in [0.3, 0.4) is 0 Å². The fourth-order valence-electron chi connectivity index (χ4n) is 1.89. The van der Waals surface area contributed by atoms with E-state index in [1.807, 2.05) is 19.1 Å². The van der Waals surface area contributed by atoms with E-state index in [0.717, 1.165) is 22.6 Å². The summed E-state index contributed by atoms with van der Waals surface area (Å²) >= 11 is 0. The van der Waals surface area contributed by atoms with Gasteiger partial charge in [0.05, 0.1) is 18.5 Å². The van der Waals surface area contributed by atoms with E-state index in [1.165, 1.54) is 5.56 Å². The first-order valence-corrected chi connectivity index (χ1v) is 6.13. The number of aromatic nitrogens is 1. The van der Waals surface area contributed by atoms with Crippen LogP contribution in [0.1, 0.15) is 18.1 Å². The maximum absolute atomic E-state index is 5.75. The predicted octanol–water partition coefficient (Wildman–Crippen LogP) is 2.91. The first-order valence-electron chi connectivity index (χ1n) is 6.13. The summed E-state index contributed by atoms with van der Waals surface area (Å²) in [4.78, 5) is 4.44. The third-order valence-corrected chi connectivity index (χ3v) is 2.78. The Morgan fingerprint density at radius 2 is 2.11 bits per heavy atom. The molecule has 3 nitrogen and oxygen atoms in total. The van der Waals surface area contributed by atoms with E-state index in [-0.39, 0.29) is 0 Å². The molecular formula is C15H18N2O. The second-order valence-corrected chi connectivity index (χ2v) is 4.18. The van der Waals surface area contributed by atoms with Gasteiger partial charge in [-0.2, -0.15) is 0 Å². The van der Waals surface area contributed by atoms with E-state index < -0.39 is 0 Å². The molecule has 0 atom stereocenters. The van der Waals surface area contributed by atoms with Crippen molar-refractivity contribution in [1.29, 1.82) is 0 Å². The van der Waals surface area contributed by atoms with Crippen molar-refractivity contribution in [1.82, 2.24) is 4.98 Å². The minimum absolute atomic E-state index is 0.455. The van der Waals surface area contributed by atoms with Crippen molar-refractivity contribution in [3.63, 3.8) is 0 Å². The highest BCUT2D eigenvalue weighted by atomic mass is 16.5. The average Bonchev–Trinajstić information content (AvgIpc) is 2.39. The summed E-state index contributed by atoms with van der Waals surface area (Å²) < 4.78 is 5.50. The summed E-state index contributed by atoms with van der Waals surface area (Å²) in [6.07, 6.45) is 1.75. The molecule has 18 heavy (non-hydrogen) atoms. The highest BCUT2D eigenvalue weighted by Crippen LogP contribution is 2.24. The molecule has 0 saturated heterocycles. The first-order chi connectivity index (χ1) is 8.74. The first kappa shape index (κ1) is 12.6. The third-order valence-electron chi connectivity index (χ3n) is 2.78. The van der Waals surface area contributed by atoms with Gasteiger partial charge in [-0.15, -0.1) is 0 Å². The van der Waals surface area contributed by atoms with Gasteiger partial charge in [-0.05, 0) is 26.0 Å². The van der Waals surface area contributed by atoms with Crippen LogP contribution in [0.25, 0.3) is 11.3 Å². The van der Waals surface area contributed by atoms with Gasteiger partial charge in [0.1, 0.15) is 5.75 Å². The molecule has 0 fully saturated rings. The predicted molar refractivity (Wildman–Crippen MR) is 73.5 cm³/mol. The highest BCUT2D eigenvalue weighted by Gasteiger charge is 2.06. The van der Waals surface area contributed by atoms with Crippen molar-refractivity contribution in [2.24, 2.45) is 5.73 Å². The van der Waals surface area contributed by atoms with E-state index >= 15 is 0 Å². The molecule has 1 heterocycles. The monoisotopic (exact) mass is 242 g/mol. The van der Waals surface area contributed by atoms with Crippen LogP contribution in [0, 0.1) is 6.92 Å². The lowest BCUT2D eigenvalue weighted by Gasteiger charge is -2.10. The number of benzene rings is 1. The van der Waals surface area contributed by atoms with Gasteiger partial charge in [-0.25, -0.2) is 0 Å². The van der Waals surface area contributed by atoms with Crippen molar-refractivity contribution in [2.45, 2.75) is 20.4 Å². The summed E-state index contributed by atoms with van der Waals surface area (Å²) in [6, 6.07) is 10.3. The molecule has 1 aromatic carbocycles. The number of hydrogen-bond donors (Lipinski definition) is 1. The molecule has 0 radical (unpaired) electrons. The normalized spacial score (nSPS) is 10.4. The zero-order valence-electron chi connectivity index (χ0n) is 10.8. The number of ether oxygens (including phenoxy) is 1. The second-order valence-electron chi connectivity index (χ2n) is 4.18. The Kier molecular flexibility index (Phi) is 3.95. The van der Waals surface area contributed by atoms with Crippen LogP contribution in [-0.4, -0.2) is 11.6 Å². The molecule has 0 aliphatic heterocycles. The van der Waals surface area contributed by atoms with Crippen LogP contribution >= 0.6 is 0 Å². The Balaban J connectivity index is 2.41. The van der Waals surface area contributed by atoms with Crippen molar-refractivity contribution in [3.8, 4) is 17.0 Å². The van der Waals surface area contributed by atoms with Crippen LogP contribution in [0.2, 0.25) is 0 Å². The molecular weight excluding hydrogens is 224 g/mol. The second kappa shape index (κ2) is 5.65. The molecule has 2 N–H and O–H groups in total. The number of aryl methyl sites for hydroxylation is 1. The van der Waals surface area contributed by atoms with Gasteiger partial charge >= 0.3 is 0 Å². The van der Waals surface area contributed by atoms with Gasteiger partial charge in [-0.1, -0.05) is 23.8 Å². The molecule has 0 bridgehead atoms. The van der Waals surface area contributed by atoms with Crippen LogP contribution in [0.4, 0.5) is 0 Å². The van der Waals surface area contributed by atoms with E-state index in [9.17, 15) is 0 Å². The van der Waals surface area contributed by atoms with Gasteiger partial charge in [0.2, 0.25) is 0 Å². The molecule has 1 aromatic heterocycles. The van der Waals surface area contributed by atoms with Crippen LogP contribution < -0.4 is 10.5 Å². The minimum atomic E-state index is 0.455. The van der Waals surface area contributed by atoms with Gasteiger partial charge in [0.25, 0.3) is 0 Å². The largest absolute Gasteiger partial charge is 0.492 e. The molecule has 94 valence electrons. The molecule has 2 aromatic rings. The highest BCUT2D eigenvalue weighted by molar-refractivity contribution is 5.61. The van der Waals surface area contributed by atoms with Gasteiger partial charge < -0.3 is 10.5 Å². The van der Waals surface area contributed by atoms with Crippen molar-refractivity contribution in [3.05, 3.63) is 47.7 Å². The number of pyridine rings is 1. The van der Waals surface area contributed by atoms with E-state index in [1.54, 1.807) is 6.20 Å². The SMILES string of the molecule is CCOc1cnc(-c2cccc(C)c2)cc1CN. The lowest BCUT2D eigenvalue weighted by molar-refractivity contribution is 0.335. The van der Waals surface area contributed by atoms with Crippen LogP contribution in [0.15, 0.2) is 36.5 Å². The third kappa shape index (κ3) is 2.68. The molecule has 0 amide bonds. The summed E-state index contributed by atoms with van der Waals surface area (Å²) in [6.45, 7) is 5.10. The van der Waals surface area contributed by atoms with Gasteiger partial charge in [-0.3, -0.25) is 4.98 Å². The van der Waals surface area contributed by atoms with Crippen molar-refractivity contribution < 1.29 is 4.74 Å². The summed E-state index contributed by atoms with van der Waals surface area (Å²) in [7, 11) is 0. The van der Waals surface area contributed by atoms with Gasteiger partial charge in [0.15, 0.2) is 0 Å². The molecule has 0 spiro atoms. The Hall–Kier alpha value is -1.87. The lowest BCUT2D eigenvalue weighted by Crippen LogP contribution is -2.03. The van der Waals surface area contributed by atoms with E-state index in [2.05, 4.69) is 30.1 Å². The summed E-state index contributed by atoms with van der Waals surface area (Å²) in [5, 5.41) is 0. The molecule has 0 aliphatic carbocycles. The van der Waals surface area contributed by atoms with E-state index in [4.69, 9.17) is 10.5 Å². The average molecular weight is 242 g/mol. The smallest absolute Gasteiger partial charge is 0.142 e. The number of nitrogens with two attached hydrogens (primary N) is 1. The van der Waals surface area contributed by atoms with Crippen molar-refractivity contribution in [2.75, 3.05) is 6.61 Å². The Morgan fingerprint density at radius 1 is 1.28 bits per heavy atom.